The number of aliphatic carboxylic acids is 1. The molecular formula is C13H18O2. The molecule has 2 nitrogen and oxygen atoms in total. The Bertz CT molecular complexity index is 331. The van der Waals surface area contributed by atoms with Crippen LogP contribution in [0.5, 0.6) is 0 Å². The molecule has 0 saturated carbocycles. The zero-order chi connectivity index (χ0) is 11.5. The topological polar surface area (TPSA) is 37.3 Å². The second-order valence-corrected chi connectivity index (χ2v) is 5.12. The quantitative estimate of drug-likeness (QED) is 0.825. The zero-order valence-corrected chi connectivity index (χ0v) is 9.58. The molecule has 1 rings (SSSR count). The van der Waals surface area contributed by atoms with Gasteiger partial charge in [0.2, 0.25) is 0 Å². The largest absolute Gasteiger partial charge is 0.481 e. The summed E-state index contributed by atoms with van der Waals surface area (Å²) in [6.45, 7) is 6.58. The van der Waals surface area contributed by atoms with Crippen LogP contribution in [0.2, 0.25) is 0 Å². The number of carboxylic acids is 1. The van der Waals surface area contributed by atoms with Crippen LogP contribution in [0.4, 0.5) is 0 Å². The minimum Gasteiger partial charge on any atom is -0.481 e. The molecule has 0 atom stereocenters. The van der Waals surface area contributed by atoms with Crippen LogP contribution < -0.4 is 0 Å². The first-order valence-electron chi connectivity index (χ1n) is 5.16. The maximum Gasteiger partial charge on any atom is 0.307 e. The SMILES string of the molecule is CC(C)(C)Cc1ccc(CC(=O)O)cc1. The van der Waals surface area contributed by atoms with Gasteiger partial charge >= 0.3 is 5.97 Å². The number of hydrogen-bond acceptors (Lipinski definition) is 1. The Labute approximate surface area is 90.9 Å². The third kappa shape index (κ3) is 4.63. The minimum absolute atomic E-state index is 0.107. The van der Waals surface area contributed by atoms with Crippen LogP contribution in [0, 0.1) is 5.41 Å². The van der Waals surface area contributed by atoms with Crippen molar-refractivity contribution in [3.05, 3.63) is 35.4 Å². The van der Waals surface area contributed by atoms with Gasteiger partial charge in [-0.2, -0.15) is 0 Å². The molecule has 0 unspecified atom stereocenters. The smallest absolute Gasteiger partial charge is 0.307 e. The highest BCUT2D eigenvalue weighted by atomic mass is 16.4. The number of benzene rings is 1. The molecule has 15 heavy (non-hydrogen) atoms. The summed E-state index contributed by atoms with van der Waals surface area (Å²) in [5.74, 6) is -0.779. The van der Waals surface area contributed by atoms with Crippen LogP contribution in [0.25, 0.3) is 0 Å². The summed E-state index contributed by atoms with van der Waals surface area (Å²) in [5.41, 5.74) is 2.39. The molecule has 1 aromatic rings. The molecule has 0 aromatic heterocycles. The standard InChI is InChI=1S/C13H18O2/c1-13(2,3)9-11-6-4-10(5-7-11)8-12(14)15/h4-7H,8-9H2,1-3H3,(H,14,15). The van der Waals surface area contributed by atoms with Gasteiger partial charge in [-0.3, -0.25) is 4.79 Å². The van der Waals surface area contributed by atoms with E-state index in [4.69, 9.17) is 5.11 Å². The van der Waals surface area contributed by atoms with Crippen molar-refractivity contribution in [2.45, 2.75) is 33.6 Å². The molecule has 0 aliphatic carbocycles. The average molecular weight is 206 g/mol. The number of rotatable bonds is 3. The number of hydrogen-bond donors (Lipinski definition) is 1. The molecule has 0 saturated heterocycles. The van der Waals surface area contributed by atoms with Gasteiger partial charge in [-0.05, 0) is 23.0 Å². The monoisotopic (exact) mass is 206 g/mol. The molecule has 0 radical (unpaired) electrons. The number of carboxylic acid groups (broad SMARTS) is 1. The summed E-state index contributed by atoms with van der Waals surface area (Å²) in [6, 6.07) is 7.83. The fraction of sp³-hybridized carbons (Fsp3) is 0.462. The van der Waals surface area contributed by atoms with E-state index in [2.05, 4.69) is 20.8 Å². The van der Waals surface area contributed by atoms with E-state index in [0.717, 1.165) is 12.0 Å². The Balaban J connectivity index is 2.68. The normalized spacial score (nSPS) is 11.4. The van der Waals surface area contributed by atoms with Crippen LogP contribution in [0.15, 0.2) is 24.3 Å². The molecule has 0 amide bonds. The molecule has 0 heterocycles. The summed E-state index contributed by atoms with van der Waals surface area (Å²) < 4.78 is 0. The van der Waals surface area contributed by atoms with Crippen LogP contribution >= 0.6 is 0 Å². The van der Waals surface area contributed by atoms with Crippen LogP contribution in [0.1, 0.15) is 31.9 Å². The van der Waals surface area contributed by atoms with Gasteiger partial charge in [0, 0.05) is 0 Å². The van der Waals surface area contributed by atoms with Gasteiger partial charge in [0.25, 0.3) is 0 Å². The molecule has 1 aromatic carbocycles. The summed E-state index contributed by atoms with van der Waals surface area (Å²) in [7, 11) is 0. The molecule has 82 valence electrons. The van der Waals surface area contributed by atoms with E-state index in [-0.39, 0.29) is 11.8 Å². The summed E-state index contributed by atoms with van der Waals surface area (Å²) in [5, 5.41) is 8.62. The highest BCUT2D eigenvalue weighted by Crippen LogP contribution is 2.20. The molecule has 0 fully saturated rings. The van der Waals surface area contributed by atoms with Crippen LogP contribution in [-0.2, 0) is 17.6 Å². The van der Waals surface area contributed by atoms with Gasteiger partial charge in [0.1, 0.15) is 0 Å². The van der Waals surface area contributed by atoms with E-state index in [1.165, 1.54) is 5.56 Å². The first-order valence-corrected chi connectivity index (χ1v) is 5.16. The Hall–Kier alpha value is -1.31. The van der Waals surface area contributed by atoms with Crippen molar-refractivity contribution >= 4 is 5.97 Å². The third-order valence-corrected chi connectivity index (χ3v) is 2.11. The second-order valence-electron chi connectivity index (χ2n) is 5.12. The van der Waals surface area contributed by atoms with Crippen molar-refractivity contribution in [1.82, 2.24) is 0 Å². The van der Waals surface area contributed by atoms with Crippen molar-refractivity contribution in [1.29, 1.82) is 0 Å². The Kier molecular flexibility index (Phi) is 3.51. The van der Waals surface area contributed by atoms with Gasteiger partial charge < -0.3 is 5.11 Å². The molecule has 0 spiro atoms. The minimum atomic E-state index is -0.779. The van der Waals surface area contributed by atoms with Gasteiger partial charge in [-0.1, -0.05) is 45.0 Å². The van der Waals surface area contributed by atoms with Crippen molar-refractivity contribution in [3.63, 3.8) is 0 Å². The molecule has 2 heteroatoms. The predicted molar refractivity (Wildman–Crippen MR) is 60.9 cm³/mol. The zero-order valence-electron chi connectivity index (χ0n) is 9.58. The van der Waals surface area contributed by atoms with Gasteiger partial charge in [0.15, 0.2) is 0 Å². The molecule has 0 aliphatic heterocycles. The number of carbonyl (C=O) groups is 1. The lowest BCUT2D eigenvalue weighted by Gasteiger charge is -2.18. The van der Waals surface area contributed by atoms with Gasteiger partial charge in [0.05, 0.1) is 6.42 Å². The fourth-order valence-electron chi connectivity index (χ4n) is 1.56. The molecular weight excluding hydrogens is 188 g/mol. The third-order valence-electron chi connectivity index (χ3n) is 2.11. The van der Waals surface area contributed by atoms with Crippen LogP contribution in [-0.4, -0.2) is 11.1 Å². The van der Waals surface area contributed by atoms with Crippen molar-refractivity contribution in [3.8, 4) is 0 Å². The Morgan fingerprint density at radius 1 is 1.13 bits per heavy atom. The summed E-state index contributed by atoms with van der Waals surface area (Å²) in [4.78, 5) is 10.5. The van der Waals surface area contributed by atoms with Crippen molar-refractivity contribution in [2.75, 3.05) is 0 Å². The first kappa shape index (κ1) is 11.8. The second kappa shape index (κ2) is 4.47. The van der Waals surface area contributed by atoms with E-state index in [1.54, 1.807) is 0 Å². The van der Waals surface area contributed by atoms with E-state index in [0.29, 0.717) is 0 Å². The van der Waals surface area contributed by atoms with E-state index < -0.39 is 5.97 Å². The van der Waals surface area contributed by atoms with E-state index in [1.807, 2.05) is 24.3 Å². The highest BCUT2D eigenvalue weighted by Gasteiger charge is 2.11. The van der Waals surface area contributed by atoms with E-state index >= 15 is 0 Å². The Morgan fingerprint density at radius 3 is 2.00 bits per heavy atom. The molecule has 0 bridgehead atoms. The van der Waals surface area contributed by atoms with Crippen molar-refractivity contribution in [2.24, 2.45) is 5.41 Å². The highest BCUT2D eigenvalue weighted by molar-refractivity contribution is 5.70. The fourth-order valence-corrected chi connectivity index (χ4v) is 1.56. The molecule has 0 aliphatic rings. The maximum atomic E-state index is 10.5. The van der Waals surface area contributed by atoms with Crippen molar-refractivity contribution < 1.29 is 9.90 Å². The lowest BCUT2D eigenvalue weighted by molar-refractivity contribution is -0.136. The maximum absolute atomic E-state index is 10.5. The lowest BCUT2D eigenvalue weighted by atomic mass is 9.88. The predicted octanol–water partition coefficient (Wildman–Crippen LogP) is 2.90. The summed E-state index contributed by atoms with van der Waals surface area (Å²) in [6.07, 6.45) is 1.12. The molecule has 1 N–H and O–H groups in total. The van der Waals surface area contributed by atoms with Gasteiger partial charge in [-0.25, -0.2) is 0 Å². The summed E-state index contributed by atoms with van der Waals surface area (Å²) >= 11 is 0. The van der Waals surface area contributed by atoms with Crippen LogP contribution in [0.3, 0.4) is 0 Å². The van der Waals surface area contributed by atoms with E-state index in [9.17, 15) is 4.79 Å². The lowest BCUT2D eigenvalue weighted by Crippen LogP contribution is -2.09. The Morgan fingerprint density at radius 2 is 1.60 bits per heavy atom. The first-order chi connectivity index (χ1) is 6.87. The average Bonchev–Trinajstić information content (AvgIpc) is 2.05. The van der Waals surface area contributed by atoms with Gasteiger partial charge in [-0.15, -0.1) is 0 Å².